The molecule has 0 bridgehead atoms. The van der Waals surface area contributed by atoms with Crippen molar-refractivity contribution in [3.05, 3.63) is 172 Å². The Kier molecular flexibility index (Phi) is 9.97. The van der Waals surface area contributed by atoms with Crippen LogP contribution in [0.2, 0.25) is 0 Å². The Balaban J connectivity index is 1.22. The molecule has 7 rings (SSSR count). The van der Waals surface area contributed by atoms with E-state index in [4.69, 9.17) is 34.1 Å². The third-order valence-corrected chi connectivity index (χ3v) is 9.94. The molecule has 0 aliphatic heterocycles. The van der Waals surface area contributed by atoms with Gasteiger partial charge < -0.3 is 20.9 Å². The summed E-state index contributed by atoms with van der Waals surface area (Å²) in [6, 6.07) is 36.5. The number of amidine groups is 1. The number of hydrogen-bond acceptors (Lipinski definition) is 5. The van der Waals surface area contributed by atoms with E-state index in [9.17, 15) is 4.79 Å². The zero-order valence-corrected chi connectivity index (χ0v) is 29.2. The molecular weight excluding hydrogens is 649 g/mol. The van der Waals surface area contributed by atoms with E-state index >= 15 is 0 Å². The van der Waals surface area contributed by atoms with Crippen LogP contribution in [0.25, 0.3) is 21.8 Å². The van der Waals surface area contributed by atoms with Crippen molar-refractivity contribution in [3.8, 4) is 0 Å². The fourth-order valence-corrected chi connectivity index (χ4v) is 6.85. The molecule has 0 radical (unpaired) electrons. The first-order valence-corrected chi connectivity index (χ1v) is 17.6. The second-order valence-electron chi connectivity index (χ2n) is 13.0. The Morgan fingerprint density at radius 1 is 0.804 bits per heavy atom. The maximum absolute atomic E-state index is 14.4. The van der Waals surface area contributed by atoms with Gasteiger partial charge in [-0.2, -0.15) is 0 Å². The molecule has 1 aliphatic carbocycles. The lowest BCUT2D eigenvalue weighted by Crippen LogP contribution is -2.30. The zero-order valence-electron chi connectivity index (χ0n) is 28.4. The van der Waals surface area contributed by atoms with Crippen LogP contribution in [0.5, 0.6) is 0 Å². The van der Waals surface area contributed by atoms with Crippen LogP contribution >= 0.6 is 12.2 Å². The number of thiocarbonyl (C=S) groups is 1. The van der Waals surface area contributed by atoms with Gasteiger partial charge in [-0.25, -0.2) is 4.98 Å². The van der Waals surface area contributed by atoms with Crippen molar-refractivity contribution in [2.45, 2.75) is 45.4 Å². The molecule has 1 amide bonds. The Labute approximate surface area is 303 Å². The number of aromatic nitrogens is 2. The number of nitrogen functional groups attached to an aromatic ring is 1. The van der Waals surface area contributed by atoms with Crippen LogP contribution in [0.4, 0.5) is 0 Å². The summed E-state index contributed by atoms with van der Waals surface area (Å²) in [5.41, 5.74) is 20.0. The molecule has 0 atom stereocenters. The maximum Gasteiger partial charge on any atom is 0.254 e. The highest BCUT2D eigenvalue weighted by molar-refractivity contribution is 7.80. The largest absolute Gasteiger partial charge is 0.384 e. The molecule has 0 saturated carbocycles. The molecule has 254 valence electrons. The third kappa shape index (κ3) is 7.72. The highest BCUT2D eigenvalue weighted by Gasteiger charge is 2.21. The van der Waals surface area contributed by atoms with Crippen LogP contribution in [0.3, 0.4) is 0 Å². The van der Waals surface area contributed by atoms with E-state index in [0.29, 0.717) is 43.7 Å². The van der Waals surface area contributed by atoms with Gasteiger partial charge in [0.15, 0.2) is 0 Å². The molecule has 7 nitrogen and oxygen atoms in total. The van der Waals surface area contributed by atoms with Crippen LogP contribution < -0.4 is 11.5 Å². The Bertz CT molecular complexity index is 2320. The molecule has 0 saturated heterocycles. The number of nitrogens with one attached hydrogen (secondary N) is 1. The van der Waals surface area contributed by atoms with Gasteiger partial charge in [-0.15, -0.1) is 0 Å². The van der Waals surface area contributed by atoms with Gasteiger partial charge in [0.25, 0.3) is 5.91 Å². The summed E-state index contributed by atoms with van der Waals surface area (Å²) in [5.74, 6) is 0.923. The van der Waals surface area contributed by atoms with Gasteiger partial charge in [0.2, 0.25) is 0 Å². The third-order valence-electron chi connectivity index (χ3n) is 9.51. The van der Waals surface area contributed by atoms with E-state index in [2.05, 4.69) is 53.1 Å². The minimum Gasteiger partial charge on any atom is -0.384 e. The van der Waals surface area contributed by atoms with Crippen LogP contribution in [0.15, 0.2) is 133 Å². The average Bonchev–Trinajstić information content (AvgIpc) is 3.50. The molecule has 1 heterocycles. The predicted octanol–water partition coefficient (Wildman–Crippen LogP) is 7.82. The van der Waals surface area contributed by atoms with Gasteiger partial charge in [0.1, 0.15) is 11.7 Å². The topological polar surface area (TPSA) is 114 Å². The molecule has 1 aliphatic rings. The molecule has 6 aromatic rings. The number of allylic oxidation sites excluding steroid dienone is 4. The van der Waals surface area contributed by atoms with Gasteiger partial charge in [-0.05, 0) is 69.3 Å². The number of rotatable bonds is 12. The Morgan fingerprint density at radius 3 is 2.24 bits per heavy atom. The van der Waals surface area contributed by atoms with Crippen molar-refractivity contribution >= 4 is 50.6 Å². The number of nitrogens with two attached hydrogens (primary N) is 2. The van der Waals surface area contributed by atoms with Gasteiger partial charge >= 0.3 is 0 Å². The molecule has 0 fully saturated rings. The van der Waals surface area contributed by atoms with Gasteiger partial charge in [-0.3, -0.25) is 10.2 Å². The highest BCUT2D eigenvalue weighted by Crippen LogP contribution is 2.25. The summed E-state index contributed by atoms with van der Waals surface area (Å²) in [4.78, 5) is 22.4. The lowest BCUT2D eigenvalue weighted by atomic mass is 10.0. The summed E-state index contributed by atoms with van der Waals surface area (Å²) in [7, 11) is 0. The first kappa shape index (κ1) is 33.8. The summed E-state index contributed by atoms with van der Waals surface area (Å²) in [6.45, 7) is 2.00. The number of hydrogen-bond donors (Lipinski definition) is 3. The molecule has 5 N–H and O–H groups in total. The van der Waals surface area contributed by atoms with E-state index in [1.807, 2.05) is 83.8 Å². The monoisotopic (exact) mass is 688 g/mol. The van der Waals surface area contributed by atoms with Gasteiger partial charge in [0, 0.05) is 48.5 Å². The zero-order chi connectivity index (χ0) is 35.3. The molecule has 0 unspecified atom stereocenters. The molecule has 8 heteroatoms. The quantitative estimate of drug-likeness (QED) is 0.0690. The lowest BCUT2D eigenvalue weighted by Gasteiger charge is -2.24. The fraction of sp³-hybridized carbons (Fsp3) is 0.163. The molecule has 1 aromatic heterocycles. The van der Waals surface area contributed by atoms with Crippen molar-refractivity contribution in [1.82, 2.24) is 14.5 Å². The van der Waals surface area contributed by atoms with Crippen LogP contribution in [-0.4, -0.2) is 31.1 Å². The standard InChI is InChI=1S/C43H40N6OS/c44-25-30-9-11-31(12-10-30)26-48(27-32-15-17-33-5-1-2-6-35(33)23-32)43(50)36-20-21-39-38(24-36)47-41(49(39)28-37-7-3-4-8-40(37)51)22-16-29-13-18-34(19-14-29)42(45)46/h1-7,9-15,17-21,23-24H,8,16,22,25-28,44H2,(H3,45,46). The number of aryl methyl sites for hydroxylation is 2. The lowest BCUT2D eigenvalue weighted by molar-refractivity contribution is 0.0730. The Hall–Kier alpha value is -5.70. The number of carbonyl (C=O) groups excluding carboxylic acids is 1. The smallest absolute Gasteiger partial charge is 0.254 e. The summed E-state index contributed by atoms with van der Waals surface area (Å²) < 4.78 is 2.23. The van der Waals surface area contributed by atoms with Gasteiger partial charge in [-0.1, -0.05) is 115 Å². The first-order valence-electron chi connectivity index (χ1n) is 17.2. The fourth-order valence-electron chi connectivity index (χ4n) is 6.62. The van der Waals surface area contributed by atoms with Gasteiger partial charge in [0.05, 0.1) is 17.6 Å². The number of nitrogens with zero attached hydrogens (tertiary/aromatic N) is 3. The minimum absolute atomic E-state index is 0.0554. The van der Waals surface area contributed by atoms with Crippen molar-refractivity contribution in [1.29, 1.82) is 5.41 Å². The summed E-state index contributed by atoms with van der Waals surface area (Å²) >= 11 is 5.73. The van der Waals surface area contributed by atoms with Crippen molar-refractivity contribution < 1.29 is 4.79 Å². The van der Waals surface area contributed by atoms with Crippen molar-refractivity contribution in [2.24, 2.45) is 11.5 Å². The van der Waals surface area contributed by atoms with Crippen molar-refractivity contribution in [3.63, 3.8) is 0 Å². The number of amides is 1. The first-order chi connectivity index (χ1) is 24.8. The SMILES string of the molecule is N=C(N)c1ccc(CCc2nc3cc(C(=O)N(Cc4ccc(CN)cc4)Cc4ccc5ccccc5c4)ccc3n2CC2=CC=CCC2=S)cc1. The average molecular weight is 689 g/mol. The molecule has 5 aromatic carbocycles. The highest BCUT2D eigenvalue weighted by atomic mass is 32.1. The number of benzene rings is 5. The molecular formula is C43H40N6OS. The minimum atomic E-state index is -0.0593. The molecule has 51 heavy (non-hydrogen) atoms. The van der Waals surface area contributed by atoms with E-state index in [1.54, 1.807) is 0 Å². The number of imidazole rings is 1. The summed E-state index contributed by atoms with van der Waals surface area (Å²) in [6.07, 6.45) is 8.44. The second-order valence-corrected chi connectivity index (χ2v) is 13.5. The van der Waals surface area contributed by atoms with E-state index in [-0.39, 0.29) is 11.7 Å². The molecule has 0 spiro atoms. The van der Waals surface area contributed by atoms with E-state index in [0.717, 1.165) is 67.8 Å². The van der Waals surface area contributed by atoms with E-state index in [1.165, 1.54) is 5.39 Å². The Morgan fingerprint density at radius 2 is 1.49 bits per heavy atom. The predicted molar refractivity (Wildman–Crippen MR) is 211 cm³/mol. The van der Waals surface area contributed by atoms with Crippen LogP contribution in [-0.2, 0) is 39.0 Å². The number of carbonyl (C=O) groups is 1. The van der Waals surface area contributed by atoms with Crippen LogP contribution in [0, 0.1) is 5.41 Å². The van der Waals surface area contributed by atoms with E-state index < -0.39 is 0 Å². The number of fused-ring (bicyclic) bond motifs is 2. The normalized spacial score (nSPS) is 12.7. The second kappa shape index (κ2) is 15.0. The van der Waals surface area contributed by atoms with Crippen molar-refractivity contribution in [2.75, 3.05) is 0 Å². The maximum atomic E-state index is 14.4. The summed E-state index contributed by atoms with van der Waals surface area (Å²) in [5, 5.41) is 10.0. The van der Waals surface area contributed by atoms with Crippen LogP contribution in [0.1, 0.15) is 50.4 Å².